The molecule has 1 atom stereocenters. The molecule has 1 amide bonds. The Hall–Kier alpha value is -0.650. The molecule has 0 radical (unpaired) electrons. The maximum Gasteiger partial charge on any atom is 0.237 e. The lowest BCUT2D eigenvalue weighted by Crippen LogP contribution is -2.44. The second kappa shape index (κ2) is 7.71. The SMILES string of the molecule is O=C1NCCCCC1NCCCN1CCOCC1. The van der Waals surface area contributed by atoms with Crippen LogP contribution in [-0.4, -0.2) is 62.8 Å². The molecule has 0 aromatic rings. The van der Waals surface area contributed by atoms with Crippen molar-refractivity contribution in [2.24, 2.45) is 0 Å². The zero-order valence-corrected chi connectivity index (χ0v) is 11.1. The van der Waals surface area contributed by atoms with Crippen LogP contribution in [0.1, 0.15) is 25.7 Å². The van der Waals surface area contributed by atoms with Gasteiger partial charge in [-0.1, -0.05) is 0 Å². The van der Waals surface area contributed by atoms with Gasteiger partial charge >= 0.3 is 0 Å². The Morgan fingerprint density at radius 2 is 2.17 bits per heavy atom. The predicted molar refractivity (Wildman–Crippen MR) is 70.5 cm³/mol. The van der Waals surface area contributed by atoms with E-state index in [-0.39, 0.29) is 11.9 Å². The number of carbonyl (C=O) groups is 1. The molecule has 0 saturated carbocycles. The van der Waals surface area contributed by atoms with E-state index in [0.29, 0.717) is 0 Å². The van der Waals surface area contributed by atoms with Crippen molar-refractivity contribution >= 4 is 5.91 Å². The monoisotopic (exact) mass is 255 g/mol. The first-order valence-corrected chi connectivity index (χ1v) is 7.17. The van der Waals surface area contributed by atoms with Crippen LogP contribution in [0.15, 0.2) is 0 Å². The van der Waals surface area contributed by atoms with Crippen LogP contribution < -0.4 is 10.6 Å². The first-order valence-electron chi connectivity index (χ1n) is 7.17. The standard InChI is InChI=1S/C13H25N3O2/c17-13-12(4-1-2-5-15-13)14-6-3-7-16-8-10-18-11-9-16/h12,14H,1-11H2,(H,15,17). The third kappa shape index (κ3) is 4.55. The van der Waals surface area contributed by atoms with Crippen LogP contribution in [0.3, 0.4) is 0 Å². The Morgan fingerprint density at radius 3 is 3.00 bits per heavy atom. The maximum atomic E-state index is 11.7. The molecule has 2 rings (SSSR count). The van der Waals surface area contributed by atoms with Gasteiger partial charge in [-0.05, 0) is 38.8 Å². The molecule has 5 heteroatoms. The summed E-state index contributed by atoms with van der Waals surface area (Å²) in [5.74, 6) is 0.180. The van der Waals surface area contributed by atoms with E-state index in [1.54, 1.807) is 0 Å². The summed E-state index contributed by atoms with van der Waals surface area (Å²) in [6.07, 6.45) is 4.32. The second-order valence-corrected chi connectivity index (χ2v) is 5.10. The quantitative estimate of drug-likeness (QED) is 0.677. The minimum absolute atomic E-state index is 0.0252. The third-order valence-electron chi connectivity index (χ3n) is 3.68. The topological polar surface area (TPSA) is 53.6 Å². The van der Waals surface area contributed by atoms with Gasteiger partial charge in [-0.3, -0.25) is 9.69 Å². The van der Waals surface area contributed by atoms with Gasteiger partial charge in [0.05, 0.1) is 19.3 Å². The fraction of sp³-hybridized carbons (Fsp3) is 0.923. The van der Waals surface area contributed by atoms with E-state index >= 15 is 0 Å². The molecule has 2 N–H and O–H groups in total. The minimum atomic E-state index is 0.0252. The lowest BCUT2D eigenvalue weighted by atomic mass is 10.1. The number of nitrogens with zero attached hydrogens (tertiary/aromatic N) is 1. The van der Waals surface area contributed by atoms with Gasteiger partial charge in [0.1, 0.15) is 0 Å². The van der Waals surface area contributed by atoms with Crippen LogP contribution in [0.2, 0.25) is 0 Å². The van der Waals surface area contributed by atoms with Gasteiger partial charge in [-0.15, -0.1) is 0 Å². The summed E-state index contributed by atoms with van der Waals surface area (Å²) in [6, 6.07) is 0.0252. The Labute approximate surface area is 109 Å². The number of carbonyl (C=O) groups excluding carboxylic acids is 1. The highest BCUT2D eigenvalue weighted by molar-refractivity contribution is 5.81. The molecule has 0 aliphatic carbocycles. The molecule has 1 unspecified atom stereocenters. The van der Waals surface area contributed by atoms with Crippen molar-refractivity contribution in [2.75, 3.05) is 45.9 Å². The molecule has 18 heavy (non-hydrogen) atoms. The summed E-state index contributed by atoms with van der Waals surface area (Å²) in [6.45, 7) is 6.68. The van der Waals surface area contributed by atoms with Crippen molar-refractivity contribution in [1.82, 2.24) is 15.5 Å². The van der Waals surface area contributed by atoms with E-state index < -0.39 is 0 Å². The van der Waals surface area contributed by atoms with Crippen LogP contribution in [0.25, 0.3) is 0 Å². The molecular formula is C13H25N3O2. The first kappa shape index (κ1) is 13.8. The molecule has 0 bridgehead atoms. The molecule has 2 heterocycles. The Balaban J connectivity index is 1.57. The first-order chi connectivity index (χ1) is 8.86. The second-order valence-electron chi connectivity index (χ2n) is 5.10. The van der Waals surface area contributed by atoms with Gasteiger partial charge in [0.2, 0.25) is 5.91 Å². The van der Waals surface area contributed by atoms with Crippen molar-refractivity contribution < 1.29 is 9.53 Å². The molecule has 2 saturated heterocycles. The van der Waals surface area contributed by atoms with Crippen molar-refractivity contribution in [2.45, 2.75) is 31.7 Å². The number of hydrogen-bond donors (Lipinski definition) is 2. The van der Waals surface area contributed by atoms with Crippen LogP contribution >= 0.6 is 0 Å². The fourth-order valence-electron chi connectivity index (χ4n) is 2.54. The van der Waals surface area contributed by atoms with Crippen LogP contribution in [0, 0.1) is 0 Å². The molecule has 2 aliphatic heterocycles. The highest BCUT2D eigenvalue weighted by Crippen LogP contribution is 2.05. The molecule has 2 aliphatic rings. The summed E-state index contributed by atoms with van der Waals surface area (Å²) in [4.78, 5) is 14.1. The largest absolute Gasteiger partial charge is 0.379 e. The molecule has 104 valence electrons. The molecular weight excluding hydrogens is 230 g/mol. The highest BCUT2D eigenvalue weighted by Gasteiger charge is 2.19. The number of morpholine rings is 1. The third-order valence-corrected chi connectivity index (χ3v) is 3.68. The normalized spacial score (nSPS) is 26.7. The summed E-state index contributed by atoms with van der Waals surface area (Å²) in [5, 5.41) is 6.34. The van der Waals surface area contributed by atoms with Gasteiger partial charge in [0.25, 0.3) is 0 Å². The van der Waals surface area contributed by atoms with Gasteiger partial charge in [-0.2, -0.15) is 0 Å². The molecule has 5 nitrogen and oxygen atoms in total. The van der Waals surface area contributed by atoms with Gasteiger partial charge in [-0.25, -0.2) is 0 Å². The van der Waals surface area contributed by atoms with Crippen molar-refractivity contribution in [3.05, 3.63) is 0 Å². The van der Waals surface area contributed by atoms with Crippen molar-refractivity contribution in [3.8, 4) is 0 Å². The average molecular weight is 255 g/mol. The van der Waals surface area contributed by atoms with E-state index in [2.05, 4.69) is 15.5 Å². The van der Waals surface area contributed by atoms with Crippen LogP contribution in [-0.2, 0) is 9.53 Å². The number of hydrogen-bond acceptors (Lipinski definition) is 4. The number of ether oxygens (including phenoxy) is 1. The Morgan fingerprint density at radius 1 is 1.33 bits per heavy atom. The van der Waals surface area contributed by atoms with E-state index in [9.17, 15) is 4.79 Å². The van der Waals surface area contributed by atoms with E-state index in [4.69, 9.17) is 4.74 Å². The molecule has 2 fully saturated rings. The number of rotatable bonds is 5. The van der Waals surface area contributed by atoms with Crippen molar-refractivity contribution in [3.63, 3.8) is 0 Å². The summed E-state index contributed by atoms with van der Waals surface area (Å²) in [5.41, 5.74) is 0. The van der Waals surface area contributed by atoms with Gasteiger partial charge in [0, 0.05) is 19.6 Å². The van der Waals surface area contributed by atoms with Crippen LogP contribution in [0.5, 0.6) is 0 Å². The zero-order valence-electron chi connectivity index (χ0n) is 11.1. The summed E-state index contributed by atoms with van der Waals surface area (Å²) >= 11 is 0. The molecule has 0 aromatic heterocycles. The van der Waals surface area contributed by atoms with Gasteiger partial charge < -0.3 is 15.4 Å². The maximum absolute atomic E-state index is 11.7. The lowest BCUT2D eigenvalue weighted by molar-refractivity contribution is -0.122. The summed E-state index contributed by atoms with van der Waals surface area (Å²) < 4.78 is 5.32. The molecule has 0 aromatic carbocycles. The highest BCUT2D eigenvalue weighted by atomic mass is 16.5. The fourth-order valence-corrected chi connectivity index (χ4v) is 2.54. The van der Waals surface area contributed by atoms with Gasteiger partial charge in [0.15, 0.2) is 0 Å². The predicted octanol–water partition coefficient (Wildman–Crippen LogP) is -0.0330. The number of amides is 1. The van der Waals surface area contributed by atoms with E-state index in [1.165, 1.54) is 0 Å². The van der Waals surface area contributed by atoms with E-state index in [0.717, 1.165) is 71.6 Å². The average Bonchev–Trinajstić information content (AvgIpc) is 2.61. The zero-order chi connectivity index (χ0) is 12.6. The Kier molecular flexibility index (Phi) is 5.90. The molecule has 0 spiro atoms. The minimum Gasteiger partial charge on any atom is -0.379 e. The lowest BCUT2D eigenvalue weighted by Gasteiger charge is -2.26. The number of nitrogens with one attached hydrogen (secondary N) is 2. The Bertz CT molecular complexity index is 255. The van der Waals surface area contributed by atoms with Crippen molar-refractivity contribution in [1.29, 1.82) is 0 Å². The smallest absolute Gasteiger partial charge is 0.237 e. The summed E-state index contributed by atoms with van der Waals surface area (Å²) in [7, 11) is 0. The van der Waals surface area contributed by atoms with E-state index in [1.807, 2.05) is 0 Å². The van der Waals surface area contributed by atoms with Crippen LogP contribution in [0.4, 0.5) is 0 Å².